The molecule has 0 saturated carbocycles. The van der Waals surface area contributed by atoms with Crippen LogP contribution in [0.1, 0.15) is 35.0 Å². The van der Waals surface area contributed by atoms with Crippen LogP contribution < -0.4 is 0 Å². The molecular formula is C14H15ClN2O2. The zero-order valence-electron chi connectivity index (χ0n) is 10.9. The molecule has 0 unspecified atom stereocenters. The highest BCUT2D eigenvalue weighted by Crippen LogP contribution is 2.23. The minimum absolute atomic E-state index is 0.251. The summed E-state index contributed by atoms with van der Waals surface area (Å²) >= 11 is 6.01. The topological polar surface area (TPSA) is 55.1 Å². The number of benzene rings is 1. The van der Waals surface area contributed by atoms with Crippen LogP contribution in [-0.2, 0) is 6.42 Å². The molecule has 19 heavy (non-hydrogen) atoms. The molecule has 0 aliphatic rings. The number of rotatable bonds is 4. The molecule has 0 saturated heterocycles. The van der Waals surface area contributed by atoms with Gasteiger partial charge in [-0.05, 0) is 31.0 Å². The molecule has 0 radical (unpaired) electrons. The minimum atomic E-state index is -0.950. The van der Waals surface area contributed by atoms with E-state index in [0.717, 1.165) is 17.7 Å². The normalized spacial score (nSPS) is 10.7. The van der Waals surface area contributed by atoms with E-state index in [1.54, 1.807) is 10.7 Å². The Morgan fingerprint density at radius 1 is 1.47 bits per heavy atom. The Bertz CT molecular complexity index is 620. The number of aryl methyl sites for hydroxylation is 1. The van der Waals surface area contributed by atoms with E-state index < -0.39 is 5.97 Å². The van der Waals surface area contributed by atoms with Gasteiger partial charge in [-0.25, -0.2) is 9.48 Å². The first-order valence-corrected chi connectivity index (χ1v) is 6.49. The predicted octanol–water partition coefficient (Wildman–Crippen LogP) is 3.48. The Morgan fingerprint density at radius 3 is 2.84 bits per heavy atom. The number of carboxylic acid groups (broad SMARTS) is 1. The van der Waals surface area contributed by atoms with Crippen LogP contribution in [0, 0.1) is 6.92 Å². The average Bonchev–Trinajstić information content (AvgIpc) is 2.76. The van der Waals surface area contributed by atoms with Crippen molar-refractivity contribution in [3.8, 4) is 5.69 Å². The molecule has 4 nitrogen and oxygen atoms in total. The fraction of sp³-hybridized carbons (Fsp3) is 0.286. The van der Waals surface area contributed by atoms with Crippen molar-refractivity contribution in [1.29, 1.82) is 0 Å². The molecule has 1 N–H and O–H groups in total. The molecular weight excluding hydrogens is 264 g/mol. The largest absolute Gasteiger partial charge is 0.478 e. The molecule has 0 fully saturated rings. The number of aromatic nitrogens is 2. The summed E-state index contributed by atoms with van der Waals surface area (Å²) in [5.74, 6) is -0.950. The molecule has 1 aromatic carbocycles. The number of halogens is 1. The highest BCUT2D eigenvalue weighted by molar-refractivity contribution is 6.30. The van der Waals surface area contributed by atoms with Crippen molar-refractivity contribution in [3.63, 3.8) is 0 Å². The van der Waals surface area contributed by atoms with Gasteiger partial charge in [-0.15, -0.1) is 0 Å². The van der Waals surface area contributed by atoms with Gasteiger partial charge in [-0.1, -0.05) is 31.0 Å². The van der Waals surface area contributed by atoms with E-state index in [4.69, 9.17) is 11.6 Å². The van der Waals surface area contributed by atoms with Crippen LogP contribution in [0.25, 0.3) is 5.69 Å². The van der Waals surface area contributed by atoms with Crippen LogP contribution in [0.5, 0.6) is 0 Å². The average molecular weight is 279 g/mol. The third-order valence-electron chi connectivity index (χ3n) is 2.99. The van der Waals surface area contributed by atoms with Crippen molar-refractivity contribution in [2.75, 3.05) is 0 Å². The molecule has 0 aliphatic heterocycles. The molecule has 5 heteroatoms. The summed E-state index contributed by atoms with van der Waals surface area (Å²) in [6, 6.07) is 5.51. The van der Waals surface area contributed by atoms with Crippen LogP contribution in [0.3, 0.4) is 0 Å². The van der Waals surface area contributed by atoms with Gasteiger partial charge in [0.1, 0.15) is 5.56 Å². The van der Waals surface area contributed by atoms with Gasteiger partial charge in [0.25, 0.3) is 0 Å². The summed E-state index contributed by atoms with van der Waals surface area (Å²) in [4.78, 5) is 11.2. The lowest BCUT2D eigenvalue weighted by Crippen LogP contribution is -2.07. The number of carbonyl (C=O) groups is 1. The summed E-state index contributed by atoms with van der Waals surface area (Å²) in [5, 5.41) is 14.0. The van der Waals surface area contributed by atoms with Gasteiger partial charge in [0, 0.05) is 5.02 Å². The summed E-state index contributed by atoms with van der Waals surface area (Å²) in [6.45, 7) is 3.96. The molecule has 1 heterocycles. The number of nitrogens with zero attached hydrogens (tertiary/aromatic N) is 2. The fourth-order valence-corrected chi connectivity index (χ4v) is 2.21. The van der Waals surface area contributed by atoms with Gasteiger partial charge in [0.2, 0.25) is 0 Å². The fourth-order valence-electron chi connectivity index (χ4n) is 2.05. The van der Waals surface area contributed by atoms with Crippen molar-refractivity contribution in [2.45, 2.75) is 26.7 Å². The minimum Gasteiger partial charge on any atom is -0.478 e. The van der Waals surface area contributed by atoms with Crippen molar-refractivity contribution in [3.05, 3.63) is 46.2 Å². The number of carboxylic acids is 1. The Kier molecular flexibility index (Phi) is 3.90. The van der Waals surface area contributed by atoms with E-state index in [2.05, 4.69) is 5.10 Å². The third-order valence-corrected chi connectivity index (χ3v) is 3.22. The second kappa shape index (κ2) is 5.45. The van der Waals surface area contributed by atoms with Crippen LogP contribution in [0.2, 0.25) is 5.02 Å². The highest BCUT2D eigenvalue weighted by Gasteiger charge is 2.17. The molecule has 100 valence electrons. The van der Waals surface area contributed by atoms with Crippen LogP contribution in [0.4, 0.5) is 0 Å². The van der Waals surface area contributed by atoms with E-state index in [0.29, 0.717) is 17.1 Å². The Morgan fingerprint density at radius 2 is 2.21 bits per heavy atom. The zero-order chi connectivity index (χ0) is 14.0. The first-order valence-electron chi connectivity index (χ1n) is 6.11. The molecule has 0 bridgehead atoms. The maximum Gasteiger partial charge on any atom is 0.339 e. The highest BCUT2D eigenvalue weighted by atomic mass is 35.5. The maximum atomic E-state index is 11.2. The van der Waals surface area contributed by atoms with Crippen LogP contribution >= 0.6 is 11.6 Å². The molecule has 0 aliphatic carbocycles. The molecule has 2 aromatic rings. The lowest BCUT2D eigenvalue weighted by atomic mass is 10.1. The van der Waals surface area contributed by atoms with Crippen molar-refractivity contribution in [2.24, 2.45) is 0 Å². The summed E-state index contributed by atoms with van der Waals surface area (Å²) in [7, 11) is 0. The SMILES string of the molecule is CCCc1c(C(=O)O)cnn1-c1cc(Cl)ccc1C. The molecule has 0 atom stereocenters. The maximum absolute atomic E-state index is 11.2. The first kappa shape index (κ1) is 13.6. The summed E-state index contributed by atoms with van der Waals surface area (Å²) < 4.78 is 1.67. The first-order chi connectivity index (χ1) is 9.04. The van der Waals surface area contributed by atoms with Crippen molar-refractivity contribution < 1.29 is 9.90 Å². The van der Waals surface area contributed by atoms with Gasteiger partial charge in [-0.3, -0.25) is 0 Å². The van der Waals surface area contributed by atoms with Crippen molar-refractivity contribution in [1.82, 2.24) is 9.78 Å². The van der Waals surface area contributed by atoms with E-state index in [-0.39, 0.29) is 5.56 Å². The van der Waals surface area contributed by atoms with E-state index in [1.807, 2.05) is 26.0 Å². The van der Waals surface area contributed by atoms with Gasteiger partial charge >= 0.3 is 5.97 Å². The summed E-state index contributed by atoms with van der Waals surface area (Å²) in [5.41, 5.74) is 2.78. The second-order valence-electron chi connectivity index (χ2n) is 4.40. The number of hydrogen-bond acceptors (Lipinski definition) is 2. The molecule has 2 rings (SSSR count). The molecule has 0 amide bonds. The molecule has 0 spiro atoms. The number of hydrogen-bond donors (Lipinski definition) is 1. The van der Waals surface area contributed by atoms with E-state index in [9.17, 15) is 9.90 Å². The smallest absolute Gasteiger partial charge is 0.339 e. The van der Waals surface area contributed by atoms with Crippen LogP contribution in [-0.4, -0.2) is 20.9 Å². The monoisotopic (exact) mass is 278 g/mol. The van der Waals surface area contributed by atoms with Crippen molar-refractivity contribution >= 4 is 17.6 Å². The van der Waals surface area contributed by atoms with Gasteiger partial charge in [0.15, 0.2) is 0 Å². The predicted molar refractivity (Wildman–Crippen MR) is 74.3 cm³/mol. The van der Waals surface area contributed by atoms with E-state index in [1.165, 1.54) is 6.20 Å². The van der Waals surface area contributed by atoms with E-state index >= 15 is 0 Å². The lowest BCUT2D eigenvalue weighted by Gasteiger charge is -2.11. The zero-order valence-corrected chi connectivity index (χ0v) is 11.6. The van der Waals surface area contributed by atoms with Gasteiger partial charge < -0.3 is 5.11 Å². The Hall–Kier alpha value is -1.81. The lowest BCUT2D eigenvalue weighted by molar-refractivity contribution is 0.0695. The van der Waals surface area contributed by atoms with Gasteiger partial charge in [0.05, 0.1) is 17.6 Å². The van der Waals surface area contributed by atoms with Gasteiger partial charge in [-0.2, -0.15) is 5.10 Å². The molecule has 1 aromatic heterocycles. The number of aromatic carboxylic acids is 1. The Balaban J connectivity index is 2.61. The second-order valence-corrected chi connectivity index (χ2v) is 4.84. The van der Waals surface area contributed by atoms with Crippen LogP contribution in [0.15, 0.2) is 24.4 Å². The summed E-state index contributed by atoms with van der Waals surface area (Å²) in [6.07, 6.45) is 2.91. The Labute approximate surface area is 116 Å². The quantitative estimate of drug-likeness (QED) is 0.931. The standard InChI is InChI=1S/C14H15ClN2O2/c1-3-4-12-11(14(18)19)8-16-17(12)13-7-10(15)6-5-9(13)2/h5-8H,3-4H2,1-2H3,(H,18,19). The third kappa shape index (κ3) is 2.63.